The molecule has 3 aromatic heterocycles. The summed E-state index contributed by atoms with van der Waals surface area (Å²) in [7, 11) is 4.11. The molecule has 1 aliphatic heterocycles. The SMILES string of the molecule is CN1CCC(c2cc(C(=O)Nc3cc4cc(-c5cncn5C)ccc4cn3)ccn2)CC1. The fourth-order valence-corrected chi connectivity index (χ4v) is 4.31. The molecule has 1 fully saturated rings. The van der Waals surface area contributed by atoms with Gasteiger partial charge in [-0.2, -0.15) is 0 Å². The summed E-state index contributed by atoms with van der Waals surface area (Å²) in [6.45, 7) is 2.12. The van der Waals surface area contributed by atoms with Gasteiger partial charge in [0.25, 0.3) is 5.91 Å². The number of carbonyl (C=O) groups is 1. The first kappa shape index (κ1) is 20.3. The summed E-state index contributed by atoms with van der Waals surface area (Å²) < 4.78 is 1.98. The molecule has 0 bridgehead atoms. The lowest BCUT2D eigenvalue weighted by molar-refractivity contribution is 0.102. The van der Waals surface area contributed by atoms with Gasteiger partial charge in [-0.15, -0.1) is 0 Å². The predicted octanol–water partition coefficient (Wildman–Crippen LogP) is 4.09. The molecule has 32 heavy (non-hydrogen) atoms. The van der Waals surface area contributed by atoms with Crippen LogP contribution in [-0.2, 0) is 7.05 Å². The molecule has 7 nitrogen and oxygen atoms in total. The molecule has 1 aliphatic rings. The number of likely N-dealkylation sites (tertiary alicyclic amines) is 1. The number of amides is 1. The predicted molar refractivity (Wildman–Crippen MR) is 126 cm³/mol. The van der Waals surface area contributed by atoms with Crippen molar-refractivity contribution >= 4 is 22.5 Å². The van der Waals surface area contributed by atoms with Crippen molar-refractivity contribution in [3.63, 3.8) is 0 Å². The quantitative estimate of drug-likeness (QED) is 0.532. The minimum absolute atomic E-state index is 0.170. The Labute approximate surface area is 187 Å². The van der Waals surface area contributed by atoms with E-state index in [0.717, 1.165) is 53.7 Å². The molecule has 0 aliphatic carbocycles. The molecule has 4 aromatic rings. The second-order valence-electron chi connectivity index (χ2n) is 8.52. The second-order valence-corrected chi connectivity index (χ2v) is 8.52. The molecule has 0 unspecified atom stereocenters. The van der Waals surface area contributed by atoms with E-state index in [1.165, 1.54) is 0 Å². The van der Waals surface area contributed by atoms with Crippen molar-refractivity contribution in [1.29, 1.82) is 0 Å². The van der Waals surface area contributed by atoms with Crippen molar-refractivity contribution in [3.8, 4) is 11.3 Å². The minimum Gasteiger partial charge on any atom is -0.334 e. The Hall–Kier alpha value is -3.58. The van der Waals surface area contributed by atoms with Gasteiger partial charge in [0.2, 0.25) is 0 Å². The van der Waals surface area contributed by atoms with E-state index < -0.39 is 0 Å². The Morgan fingerprint density at radius 1 is 1.00 bits per heavy atom. The van der Waals surface area contributed by atoms with Gasteiger partial charge in [0.05, 0.1) is 18.2 Å². The van der Waals surface area contributed by atoms with Crippen LogP contribution in [0.25, 0.3) is 22.0 Å². The van der Waals surface area contributed by atoms with Crippen LogP contribution in [0.4, 0.5) is 5.82 Å². The fraction of sp³-hybridized carbons (Fsp3) is 0.280. The van der Waals surface area contributed by atoms with Crippen molar-refractivity contribution in [2.45, 2.75) is 18.8 Å². The van der Waals surface area contributed by atoms with E-state index in [2.05, 4.69) is 44.3 Å². The number of benzene rings is 1. The van der Waals surface area contributed by atoms with Crippen LogP contribution in [-0.4, -0.2) is 50.5 Å². The number of piperidine rings is 1. The van der Waals surface area contributed by atoms with Crippen molar-refractivity contribution in [2.75, 3.05) is 25.5 Å². The largest absolute Gasteiger partial charge is 0.334 e. The Morgan fingerprint density at radius 2 is 1.84 bits per heavy atom. The normalized spacial score (nSPS) is 15.2. The zero-order chi connectivity index (χ0) is 22.1. The third kappa shape index (κ3) is 4.11. The number of pyridine rings is 2. The van der Waals surface area contributed by atoms with E-state index in [1.807, 2.05) is 36.0 Å². The summed E-state index contributed by atoms with van der Waals surface area (Å²) in [5.74, 6) is 0.765. The number of aryl methyl sites for hydroxylation is 1. The first-order chi connectivity index (χ1) is 15.6. The maximum Gasteiger partial charge on any atom is 0.256 e. The fourth-order valence-electron chi connectivity index (χ4n) is 4.31. The van der Waals surface area contributed by atoms with Crippen molar-refractivity contribution in [2.24, 2.45) is 7.05 Å². The number of aromatic nitrogens is 4. The van der Waals surface area contributed by atoms with Crippen LogP contribution in [0, 0.1) is 0 Å². The molecule has 1 N–H and O–H groups in total. The maximum atomic E-state index is 12.9. The van der Waals surface area contributed by atoms with Crippen LogP contribution in [0.3, 0.4) is 0 Å². The molecule has 7 heteroatoms. The number of anilines is 1. The van der Waals surface area contributed by atoms with E-state index in [1.54, 1.807) is 24.8 Å². The topological polar surface area (TPSA) is 75.9 Å². The molecule has 1 saturated heterocycles. The van der Waals surface area contributed by atoms with Gasteiger partial charge in [-0.3, -0.25) is 9.78 Å². The highest BCUT2D eigenvalue weighted by Gasteiger charge is 2.20. The van der Waals surface area contributed by atoms with Crippen molar-refractivity contribution < 1.29 is 4.79 Å². The summed E-state index contributed by atoms with van der Waals surface area (Å²) in [4.78, 5) is 28.4. The summed E-state index contributed by atoms with van der Waals surface area (Å²) >= 11 is 0. The first-order valence-corrected chi connectivity index (χ1v) is 10.9. The van der Waals surface area contributed by atoms with E-state index in [4.69, 9.17) is 0 Å². The highest BCUT2D eigenvalue weighted by atomic mass is 16.1. The molecule has 162 valence electrons. The highest BCUT2D eigenvalue weighted by Crippen LogP contribution is 2.27. The number of nitrogens with one attached hydrogen (secondary N) is 1. The van der Waals surface area contributed by atoms with Crippen molar-refractivity contribution in [3.05, 3.63) is 72.6 Å². The molecule has 1 amide bonds. The van der Waals surface area contributed by atoms with Gasteiger partial charge >= 0.3 is 0 Å². The minimum atomic E-state index is -0.170. The summed E-state index contributed by atoms with van der Waals surface area (Å²) in [6.07, 6.45) is 9.29. The van der Waals surface area contributed by atoms with Crippen LogP contribution >= 0.6 is 0 Å². The van der Waals surface area contributed by atoms with Crippen LogP contribution < -0.4 is 5.32 Å². The molecule has 1 aromatic carbocycles. The monoisotopic (exact) mass is 426 g/mol. The molecule has 0 spiro atoms. The molecule has 5 rings (SSSR count). The number of hydrogen-bond acceptors (Lipinski definition) is 5. The Bertz CT molecular complexity index is 1270. The molecular weight excluding hydrogens is 400 g/mol. The number of hydrogen-bond donors (Lipinski definition) is 1. The average Bonchev–Trinajstić information content (AvgIpc) is 3.25. The average molecular weight is 427 g/mol. The Kier molecular flexibility index (Phi) is 5.41. The third-order valence-electron chi connectivity index (χ3n) is 6.26. The summed E-state index contributed by atoms with van der Waals surface area (Å²) in [6, 6.07) is 11.8. The molecule has 0 atom stereocenters. The van der Waals surface area contributed by atoms with E-state index in [9.17, 15) is 4.79 Å². The lowest BCUT2D eigenvalue weighted by Gasteiger charge is -2.28. The lowest BCUT2D eigenvalue weighted by atomic mass is 9.92. The van der Waals surface area contributed by atoms with Gasteiger partial charge in [-0.05, 0) is 62.6 Å². The molecular formula is C25H26N6O. The van der Waals surface area contributed by atoms with Gasteiger partial charge in [-0.25, -0.2) is 9.97 Å². The van der Waals surface area contributed by atoms with Crippen LogP contribution in [0.1, 0.15) is 34.8 Å². The number of nitrogens with zero attached hydrogens (tertiary/aromatic N) is 5. The highest BCUT2D eigenvalue weighted by molar-refractivity contribution is 6.04. The Morgan fingerprint density at radius 3 is 2.62 bits per heavy atom. The van der Waals surface area contributed by atoms with Gasteiger partial charge in [-0.1, -0.05) is 12.1 Å². The molecule has 4 heterocycles. The Balaban J connectivity index is 1.36. The summed E-state index contributed by atoms with van der Waals surface area (Å²) in [5, 5.41) is 4.98. The second kappa shape index (κ2) is 8.51. The van der Waals surface area contributed by atoms with Crippen molar-refractivity contribution in [1.82, 2.24) is 24.4 Å². The number of fused-ring (bicyclic) bond motifs is 1. The number of imidazole rings is 1. The van der Waals surface area contributed by atoms with E-state index in [-0.39, 0.29) is 5.91 Å². The van der Waals surface area contributed by atoms with Gasteiger partial charge in [0.15, 0.2) is 0 Å². The van der Waals surface area contributed by atoms with Gasteiger partial charge < -0.3 is 14.8 Å². The van der Waals surface area contributed by atoms with E-state index >= 15 is 0 Å². The number of carbonyl (C=O) groups excluding carboxylic acids is 1. The molecule has 0 saturated carbocycles. The van der Waals surface area contributed by atoms with Crippen LogP contribution in [0.5, 0.6) is 0 Å². The maximum absolute atomic E-state index is 12.9. The smallest absolute Gasteiger partial charge is 0.256 e. The summed E-state index contributed by atoms with van der Waals surface area (Å²) in [5.41, 5.74) is 3.71. The van der Waals surface area contributed by atoms with E-state index in [0.29, 0.717) is 17.3 Å². The van der Waals surface area contributed by atoms with Gasteiger partial charge in [0.1, 0.15) is 5.82 Å². The van der Waals surface area contributed by atoms with Gasteiger partial charge in [0, 0.05) is 47.6 Å². The lowest BCUT2D eigenvalue weighted by Crippen LogP contribution is -2.29. The zero-order valence-corrected chi connectivity index (χ0v) is 18.3. The zero-order valence-electron chi connectivity index (χ0n) is 18.3. The molecule has 0 radical (unpaired) electrons. The first-order valence-electron chi connectivity index (χ1n) is 10.9. The van der Waals surface area contributed by atoms with Crippen LogP contribution in [0.2, 0.25) is 0 Å². The number of rotatable bonds is 4. The van der Waals surface area contributed by atoms with Crippen LogP contribution in [0.15, 0.2) is 61.3 Å². The standard InChI is InChI=1S/C25H26N6O/c1-30-9-6-17(7-10-30)22-12-19(5-8-27-22)25(32)29-24-13-21-11-18(3-4-20(21)14-28-24)23-15-26-16-31(23)2/h3-5,8,11-17H,6-7,9-10H2,1-2H3,(H,28,29,32). The third-order valence-corrected chi connectivity index (χ3v) is 6.26.